The number of nitrogens with two attached hydrogens (primary N) is 1. The molecular weight excluding hydrogens is 274 g/mol. The van der Waals surface area contributed by atoms with Gasteiger partial charge < -0.3 is 0 Å². The SMILES string of the molecule is CCc1cc(CC(Cc2cc(F)cc(F)c2)NN)n(C)n1. The molecule has 2 rings (SSSR count). The van der Waals surface area contributed by atoms with E-state index in [2.05, 4.69) is 10.5 Å². The van der Waals surface area contributed by atoms with Gasteiger partial charge in [0, 0.05) is 31.3 Å². The fraction of sp³-hybridized carbons (Fsp3) is 0.400. The van der Waals surface area contributed by atoms with Crippen molar-refractivity contribution in [3.05, 3.63) is 52.9 Å². The number of aromatic nitrogens is 2. The van der Waals surface area contributed by atoms with Gasteiger partial charge in [-0.3, -0.25) is 16.0 Å². The summed E-state index contributed by atoms with van der Waals surface area (Å²) in [6.07, 6.45) is 1.94. The predicted octanol–water partition coefficient (Wildman–Crippen LogP) is 1.88. The molecule has 21 heavy (non-hydrogen) atoms. The Morgan fingerprint density at radius 1 is 1.19 bits per heavy atom. The maximum atomic E-state index is 13.2. The van der Waals surface area contributed by atoms with Crippen LogP contribution in [0.4, 0.5) is 8.78 Å². The van der Waals surface area contributed by atoms with E-state index in [4.69, 9.17) is 5.84 Å². The minimum atomic E-state index is -0.574. The number of hydrazine groups is 1. The van der Waals surface area contributed by atoms with E-state index in [-0.39, 0.29) is 6.04 Å². The normalized spacial score (nSPS) is 12.6. The summed E-state index contributed by atoms with van der Waals surface area (Å²) in [6.45, 7) is 2.04. The third-order valence-electron chi connectivity index (χ3n) is 3.49. The molecule has 0 aliphatic carbocycles. The largest absolute Gasteiger partial charge is 0.272 e. The van der Waals surface area contributed by atoms with Gasteiger partial charge in [0.25, 0.3) is 0 Å². The monoisotopic (exact) mass is 294 g/mol. The first-order chi connectivity index (χ1) is 10.0. The van der Waals surface area contributed by atoms with Gasteiger partial charge in [-0.1, -0.05) is 6.92 Å². The van der Waals surface area contributed by atoms with Gasteiger partial charge in [0.05, 0.1) is 5.69 Å². The van der Waals surface area contributed by atoms with E-state index in [1.807, 2.05) is 24.7 Å². The summed E-state index contributed by atoms with van der Waals surface area (Å²) in [6, 6.07) is 5.42. The first kappa shape index (κ1) is 15.6. The van der Waals surface area contributed by atoms with Crippen LogP contribution in [-0.2, 0) is 26.3 Å². The average Bonchev–Trinajstić information content (AvgIpc) is 2.77. The highest BCUT2D eigenvalue weighted by atomic mass is 19.1. The zero-order chi connectivity index (χ0) is 15.4. The van der Waals surface area contributed by atoms with Crippen LogP contribution in [0.3, 0.4) is 0 Å². The molecule has 0 radical (unpaired) electrons. The van der Waals surface area contributed by atoms with Crippen LogP contribution in [0.25, 0.3) is 0 Å². The Morgan fingerprint density at radius 2 is 1.86 bits per heavy atom. The lowest BCUT2D eigenvalue weighted by Crippen LogP contribution is -2.38. The summed E-state index contributed by atoms with van der Waals surface area (Å²) in [5.74, 6) is 4.42. The first-order valence-electron chi connectivity index (χ1n) is 6.94. The Kier molecular flexibility index (Phi) is 5.03. The Balaban J connectivity index is 2.10. The molecule has 0 aliphatic heterocycles. The van der Waals surface area contributed by atoms with Gasteiger partial charge in [0.15, 0.2) is 0 Å². The second-order valence-corrected chi connectivity index (χ2v) is 5.15. The summed E-state index contributed by atoms with van der Waals surface area (Å²) >= 11 is 0. The quantitative estimate of drug-likeness (QED) is 0.632. The van der Waals surface area contributed by atoms with Crippen molar-refractivity contribution in [2.75, 3.05) is 0 Å². The zero-order valence-electron chi connectivity index (χ0n) is 12.2. The van der Waals surface area contributed by atoms with Crippen molar-refractivity contribution in [2.45, 2.75) is 32.2 Å². The van der Waals surface area contributed by atoms with Crippen LogP contribution in [-0.4, -0.2) is 15.8 Å². The predicted molar refractivity (Wildman–Crippen MR) is 77.5 cm³/mol. The summed E-state index contributed by atoms with van der Waals surface area (Å²) < 4.78 is 28.2. The van der Waals surface area contributed by atoms with Gasteiger partial charge in [0.1, 0.15) is 11.6 Å². The highest BCUT2D eigenvalue weighted by Crippen LogP contribution is 2.13. The minimum absolute atomic E-state index is 0.119. The van der Waals surface area contributed by atoms with Crippen LogP contribution >= 0.6 is 0 Å². The molecule has 6 heteroatoms. The van der Waals surface area contributed by atoms with Crippen molar-refractivity contribution in [2.24, 2.45) is 12.9 Å². The second-order valence-electron chi connectivity index (χ2n) is 5.15. The summed E-state index contributed by atoms with van der Waals surface area (Å²) in [5.41, 5.74) is 5.33. The van der Waals surface area contributed by atoms with E-state index >= 15 is 0 Å². The number of nitrogens with zero attached hydrogens (tertiary/aromatic N) is 2. The highest BCUT2D eigenvalue weighted by molar-refractivity contribution is 5.20. The van der Waals surface area contributed by atoms with Gasteiger partial charge in [0.2, 0.25) is 0 Å². The van der Waals surface area contributed by atoms with Crippen molar-refractivity contribution >= 4 is 0 Å². The molecule has 114 valence electrons. The summed E-state index contributed by atoms with van der Waals surface area (Å²) in [4.78, 5) is 0. The fourth-order valence-electron chi connectivity index (χ4n) is 2.39. The van der Waals surface area contributed by atoms with Gasteiger partial charge in [-0.05, 0) is 36.6 Å². The third-order valence-corrected chi connectivity index (χ3v) is 3.49. The minimum Gasteiger partial charge on any atom is -0.272 e. The number of benzene rings is 1. The number of hydrogen-bond donors (Lipinski definition) is 2. The Bertz CT molecular complexity index is 589. The standard InChI is InChI=1S/C15H20F2N4/c1-3-13-8-15(21(2)20-13)9-14(19-18)6-10-4-11(16)7-12(17)5-10/h4-5,7-8,14,19H,3,6,9,18H2,1-2H3. The van der Waals surface area contributed by atoms with Crippen LogP contribution < -0.4 is 11.3 Å². The van der Waals surface area contributed by atoms with E-state index in [0.717, 1.165) is 23.9 Å². The van der Waals surface area contributed by atoms with Gasteiger partial charge >= 0.3 is 0 Å². The lowest BCUT2D eigenvalue weighted by atomic mass is 10.0. The van der Waals surface area contributed by atoms with E-state index in [0.29, 0.717) is 18.4 Å². The summed E-state index contributed by atoms with van der Waals surface area (Å²) in [7, 11) is 1.88. The highest BCUT2D eigenvalue weighted by Gasteiger charge is 2.14. The number of rotatable bonds is 6. The number of hydrogen-bond acceptors (Lipinski definition) is 3. The molecule has 0 bridgehead atoms. The van der Waals surface area contributed by atoms with Crippen LogP contribution in [0.2, 0.25) is 0 Å². The van der Waals surface area contributed by atoms with E-state index in [9.17, 15) is 8.78 Å². The molecule has 1 heterocycles. The second kappa shape index (κ2) is 6.78. The Hall–Kier alpha value is -1.79. The van der Waals surface area contributed by atoms with E-state index in [1.165, 1.54) is 12.1 Å². The maximum Gasteiger partial charge on any atom is 0.126 e. The lowest BCUT2D eigenvalue weighted by molar-refractivity contribution is 0.500. The third kappa shape index (κ3) is 4.09. The molecule has 0 saturated heterocycles. The molecule has 0 fully saturated rings. The van der Waals surface area contributed by atoms with Crippen LogP contribution in [0.5, 0.6) is 0 Å². The molecule has 0 aliphatic rings. The molecule has 3 N–H and O–H groups in total. The molecule has 1 unspecified atom stereocenters. The number of halogens is 2. The van der Waals surface area contributed by atoms with Crippen molar-refractivity contribution < 1.29 is 8.78 Å². The lowest BCUT2D eigenvalue weighted by Gasteiger charge is -2.16. The van der Waals surface area contributed by atoms with E-state index in [1.54, 1.807) is 0 Å². The van der Waals surface area contributed by atoms with Crippen LogP contribution in [0.1, 0.15) is 23.9 Å². The maximum absolute atomic E-state index is 13.2. The van der Waals surface area contributed by atoms with Gasteiger partial charge in [-0.15, -0.1) is 0 Å². The molecule has 1 aromatic carbocycles. The van der Waals surface area contributed by atoms with Crippen LogP contribution in [0.15, 0.2) is 24.3 Å². The van der Waals surface area contributed by atoms with Crippen molar-refractivity contribution in [1.29, 1.82) is 0 Å². The Labute approximate surface area is 122 Å². The molecule has 1 aromatic heterocycles. The average molecular weight is 294 g/mol. The van der Waals surface area contributed by atoms with Gasteiger partial charge in [-0.2, -0.15) is 5.10 Å². The molecule has 2 aromatic rings. The van der Waals surface area contributed by atoms with Crippen molar-refractivity contribution in [3.63, 3.8) is 0 Å². The summed E-state index contributed by atoms with van der Waals surface area (Å²) in [5, 5.41) is 4.38. The fourth-order valence-corrected chi connectivity index (χ4v) is 2.39. The molecule has 1 atom stereocenters. The topological polar surface area (TPSA) is 55.9 Å². The van der Waals surface area contributed by atoms with Crippen molar-refractivity contribution in [3.8, 4) is 0 Å². The Morgan fingerprint density at radius 3 is 2.38 bits per heavy atom. The molecule has 4 nitrogen and oxygen atoms in total. The smallest absolute Gasteiger partial charge is 0.126 e. The number of nitrogens with one attached hydrogen (secondary N) is 1. The molecule has 0 amide bonds. The first-order valence-corrected chi connectivity index (χ1v) is 6.94. The molecule has 0 saturated carbocycles. The number of aryl methyl sites for hydroxylation is 2. The van der Waals surface area contributed by atoms with Gasteiger partial charge in [-0.25, -0.2) is 8.78 Å². The van der Waals surface area contributed by atoms with Crippen molar-refractivity contribution in [1.82, 2.24) is 15.2 Å². The zero-order valence-corrected chi connectivity index (χ0v) is 12.2. The van der Waals surface area contributed by atoms with E-state index < -0.39 is 11.6 Å². The molecule has 0 spiro atoms. The molecular formula is C15H20F2N4. The van der Waals surface area contributed by atoms with Crippen LogP contribution in [0, 0.1) is 11.6 Å².